The van der Waals surface area contributed by atoms with Crippen molar-refractivity contribution in [1.29, 1.82) is 0 Å². The van der Waals surface area contributed by atoms with Gasteiger partial charge >= 0.3 is 0 Å². The molecule has 0 bridgehead atoms. The zero-order valence-electron chi connectivity index (χ0n) is 22.5. The van der Waals surface area contributed by atoms with Crippen LogP contribution in [0.2, 0.25) is 0 Å². The van der Waals surface area contributed by atoms with Gasteiger partial charge in [0.15, 0.2) is 27.3 Å². The summed E-state index contributed by atoms with van der Waals surface area (Å²) in [6.45, 7) is 0.110. The van der Waals surface area contributed by atoms with Crippen molar-refractivity contribution in [2.75, 3.05) is 39.3 Å². The molecule has 1 saturated heterocycles. The second-order valence-corrected chi connectivity index (χ2v) is 11.6. The van der Waals surface area contributed by atoms with Crippen molar-refractivity contribution in [2.24, 2.45) is 0 Å². The molecule has 1 fully saturated rings. The number of pyridine rings is 1. The van der Waals surface area contributed by atoms with Gasteiger partial charge in [-0.05, 0) is 24.6 Å². The molecule has 0 radical (unpaired) electrons. The summed E-state index contributed by atoms with van der Waals surface area (Å²) in [6, 6.07) is 10.2. The third-order valence-electron chi connectivity index (χ3n) is 6.64. The molecule has 5 rings (SSSR count). The molecule has 1 aliphatic rings. The Kier molecular flexibility index (Phi) is 7.99. The Bertz CT molecular complexity index is 1610. The molecule has 1 aromatic carbocycles. The number of nitrogens with zero attached hydrogens (tertiary/aromatic N) is 7. The van der Waals surface area contributed by atoms with Crippen molar-refractivity contribution in [3.63, 3.8) is 0 Å². The number of benzene rings is 1. The maximum Gasteiger partial charge on any atom is 0.225 e. The second-order valence-electron chi connectivity index (χ2n) is 9.28. The lowest BCUT2D eigenvalue weighted by molar-refractivity contribution is 0.154. The number of aliphatic hydroxyl groups is 1. The van der Waals surface area contributed by atoms with Gasteiger partial charge in [-0.2, -0.15) is 0 Å². The van der Waals surface area contributed by atoms with E-state index >= 15 is 0 Å². The number of anilines is 1. The number of para-hydroxylation sites is 1. The van der Waals surface area contributed by atoms with Gasteiger partial charge in [-0.3, -0.25) is 4.57 Å². The maximum absolute atomic E-state index is 13.9. The Balaban J connectivity index is 1.57. The molecule has 4 heterocycles. The van der Waals surface area contributed by atoms with Crippen LogP contribution in [0.5, 0.6) is 17.4 Å². The molecule has 4 aromatic rings. The van der Waals surface area contributed by atoms with E-state index in [4.69, 9.17) is 14.2 Å². The van der Waals surface area contributed by atoms with Gasteiger partial charge in [0.05, 0.1) is 45.1 Å². The summed E-state index contributed by atoms with van der Waals surface area (Å²) in [5.74, 6) is 0.401. The number of halogens is 1. The number of sulfone groups is 1. The molecular formula is C26H28FN7O6S. The van der Waals surface area contributed by atoms with Gasteiger partial charge in [0.2, 0.25) is 11.8 Å². The van der Waals surface area contributed by atoms with E-state index in [0.717, 1.165) is 12.4 Å². The lowest BCUT2D eigenvalue weighted by atomic mass is 10.1. The van der Waals surface area contributed by atoms with Crippen molar-refractivity contribution in [3.05, 3.63) is 60.4 Å². The largest absolute Gasteiger partial charge is 0.494 e. The van der Waals surface area contributed by atoms with Crippen LogP contribution in [-0.4, -0.2) is 89.0 Å². The molecule has 216 valence electrons. The first-order valence-electron chi connectivity index (χ1n) is 12.5. The van der Waals surface area contributed by atoms with Gasteiger partial charge in [-0.25, -0.2) is 27.8 Å². The molecule has 0 saturated carbocycles. The smallest absolute Gasteiger partial charge is 0.225 e. The van der Waals surface area contributed by atoms with Crippen molar-refractivity contribution in [3.8, 4) is 34.6 Å². The SMILES string of the molecule is COc1cccc(-c2nnc(CS(=O)(=O)[C@@H]3C[C@@H](O)CN(c4ncc(F)cn4)C3)n2-c2c(OC)cccc2OC)n1. The van der Waals surface area contributed by atoms with Gasteiger partial charge in [-0.15, -0.1) is 10.2 Å². The molecule has 2 atom stereocenters. The van der Waals surface area contributed by atoms with Crippen LogP contribution in [0.15, 0.2) is 48.8 Å². The van der Waals surface area contributed by atoms with Crippen molar-refractivity contribution in [1.82, 2.24) is 29.7 Å². The zero-order valence-corrected chi connectivity index (χ0v) is 23.3. The van der Waals surface area contributed by atoms with Crippen LogP contribution >= 0.6 is 0 Å². The number of aromatic nitrogens is 6. The van der Waals surface area contributed by atoms with E-state index in [1.807, 2.05) is 0 Å². The fourth-order valence-corrected chi connectivity index (χ4v) is 6.44. The lowest BCUT2D eigenvalue weighted by Gasteiger charge is -2.35. The normalized spacial score (nSPS) is 17.3. The second kappa shape index (κ2) is 11.6. The minimum atomic E-state index is -3.95. The van der Waals surface area contributed by atoms with E-state index in [1.165, 1.54) is 30.8 Å². The standard InChI is InChI=1S/C26H28FN7O6S/c1-38-20-7-5-8-21(39-2)24(20)34-22(31-32-25(34)19-6-4-9-23(30-19)40-3)15-41(36,37)18-10-17(35)13-33(14-18)26-28-11-16(27)12-29-26/h4-9,11-12,17-18,35H,10,13-15H2,1-3H3/t17-,18-/m1/s1. The van der Waals surface area contributed by atoms with Crippen molar-refractivity contribution < 1.29 is 32.1 Å². The van der Waals surface area contributed by atoms with Crippen LogP contribution in [0.4, 0.5) is 10.3 Å². The maximum atomic E-state index is 13.9. The molecule has 1 aliphatic heterocycles. The minimum Gasteiger partial charge on any atom is -0.494 e. The van der Waals surface area contributed by atoms with Gasteiger partial charge in [0.1, 0.15) is 28.6 Å². The highest BCUT2D eigenvalue weighted by Gasteiger charge is 2.37. The Morgan fingerprint density at radius 1 is 0.976 bits per heavy atom. The minimum absolute atomic E-state index is 0.00143. The summed E-state index contributed by atoms with van der Waals surface area (Å²) >= 11 is 0. The number of hydrogen-bond donors (Lipinski definition) is 1. The van der Waals surface area contributed by atoms with Crippen LogP contribution in [0.25, 0.3) is 17.2 Å². The summed E-state index contributed by atoms with van der Waals surface area (Å²) in [5, 5.41) is 18.1. The molecule has 41 heavy (non-hydrogen) atoms. The molecule has 1 N–H and O–H groups in total. The lowest BCUT2D eigenvalue weighted by Crippen LogP contribution is -2.49. The number of hydrogen-bond acceptors (Lipinski definition) is 12. The van der Waals surface area contributed by atoms with Crippen LogP contribution in [0.1, 0.15) is 12.2 Å². The molecule has 15 heteroatoms. The van der Waals surface area contributed by atoms with E-state index < -0.39 is 32.8 Å². The number of methoxy groups -OCH3 is 3. The van der Waals surface area contributed by atoms with Gasteiger partial charge in [0.25, 0.3) is 0 Å². The number of piperidine rings is 1. The Hall–Kier alpha value is -4.37. The average molecular weight is 586 g/mol. The molecule has 0 aliphatic carbocycles. The molecule has 0 amide bonds. The number of aliphatic hydroxyl groups excluding tert-OH is 1. The fraction of sp³-hybridized carbons (Fsp3) is 0.346. The molecule has 13 nitrogen and oxygen atoms in total. The summed E-state index contributed by atoms with van der Waals surface area (Å²) in [6.07, 6.45) is 1.01. The highest BCUT2D eigenvalue weighted by Crippen LogP contribution is 2.37. The van der Waals surface area contributed by atoms with Crippen LogP contribution < -0.4 is 19.1 Å². The number of rotatable bonds is 9. The molecule has 3 aromatic heterocycles. The predicted octanol–water partition coefficient (Wildman–Crippen LogP) is 1.84. The quantitative estimate of drug-likeness (QED) is 0.305. The van der Waals surface area contributed by atoms with Crippen LogP contribution in [-0.2, 0) is 15.6 Å². The number of ether oxygens (including phenoxy) is 3. The Morgan fingerprint density at radius 2 is 1.66 bits per heavy atom. The molecule has 0 unspecified atom stereocenters. The first-order valence-corrected chi connectivity index (χ1v) is 14.2. The van der Waals surface area contributed by atoms with E-state index in [1.54, 1.807) is 36.4 Å². The van der Waals surface area contributed by atoms with Gasteiger partial charge in [-0.1, -0.05) is 12.1 Å². The fourth-order valence-electron chi connectivity index (χ4n) is 4.73. The first kappa shape index (κ1) is 28.2. The topological polar surface area (TPSA) is 155 Å². The van der Waals surface area contributed by atoms with E-state index in [0.29, 0.717) is 28.8 Å². The first-order chi connectivity index (χ1) is 19.7. The van der Waals surface area contributed by atoms with Gasteiger partial charge in [0, 0.05) is 19.2 Å². The molecular weight excluding hydrogens is 557 g/mol. The van der Waals surface area contributed by atoms with Crippen molar-refractivity contribution in [2.45, 2.75) is 23.5 Å². The number of β-amino-alcohol motifs (C(OH)–C–C–N with tert-alkyl or cyclic N) is 1. The van der Waals surface area contributed by atoms with Crippen molar-refractivity contribution >= 4 is 15.8 Å². The highest BCUT2D eigenvalue weighted by atomic mass is 32.2. The van der Waals surface area contributed by atoms with E-state index in [2.05, 4.69) is 25.1 Å². The van der Waals surface area contributed by atoms with Crippen LogP contribution in [0.3, 0.4) is 0 Å². The molecule has 0 spiro atoms. The summed E-state index contributed by atoms with van der Waals surface area (Å²) < 4.78 is 59.1. The summed E-state index contributed by atoms with van der Waals surface area (Å²) in [4.78, 5) is 13.9. The third-order valence-corrected chi connectivity index (χ3v) is 8.65. The van der Waals surface area contributed by atoms with E-state index in [9.17, 15) is 17.9 Å². The Morgan fingerprint density at radius 3 is 2.32 bits per heavy atom. The Labute approximate surface area is 235 Å². The third kappa shape index (κ3) is 5.76. The monoisotopic (exact) mass is 585 g/mol. The van der Waals surface area contributed by atoms with Gasteiger partial charge < -0.3 is 24.2 Å². The predicted molar refractivity (Wildman–Crippen MR) is 145 cm³/mol. The average Bonchev–Trinajstić information content (AvgIpc) is 3.38. The summed E-state index contributed by atoms with van der Waals surface area (Å²) in [7, 11) is 0.500. The summed E-state index contributed by atoms with van der Waals surface area (Å²) in [5.41, 5.74) is 0.763. The van der Waals surface area contributed by atoms with E-state index in [-0.39, 0.29) is 37.1 Å². The van der Waals surface area contributed by atoms with Crippen LogP contribution in [0, 0.1) is 5.82 Å². The highest BCUT2D eigenvalue weighted by molar-refractivity contribution is 7.91. The zero-order chi connectivity index (χ0) is 29.1.